The third-order valence-corrected chi connectivity index (χ3v) is 19.1. The van der Waals surface area contributed by atoms with E-state index in [1.165, 1.54) is 49.1 Å². The molecule has 0 aliphatic carbocycles. The van der Waals surface area contributed by atoms with Crippen LogP contribution >= 0.6 is 0 Å². The van der Waals surface area contributed by atoms with Crippen LogP contribution in [-0.4, -0.2) is 183 Å². The van der Waals surface area contributed by atoms with Crippen LogP contribution in [0.4, 0.5) is 22.7 Å². The lowest BCUT2D eigenvalue weighted by atomic mass is 9.97. The van der Waals surface area contributed by atoms with Crippen LogP contribution in [0.1, 0.15) is 106 Å². The number of benzene rings is 4. The molecule has 31 heteroatoms. The molecule has 0 saturated carbocycles. The van der Waals surface area contributed by atoms with E-state index in [1.807, 2.05) is 56.2 Å². The summed E-state index contributed by atoms with van der Waals surface area (Å²) in [7, 11) is -0.619. The van der Waals surface area contributed by atoms with Gasteiger partial charge in [0, 0.05) is 63.4 Å². The normalized spacial score (nSPS) is 15.5. The second-order valence-corrected chi connectivity index (χ2v) is 28.1. The van der Waals surface area contributed by atoms with Crippen molar-refractivity contribution in [1.82, 2.24) is 51.6 Å². The minimum atomic E-state index is -4.20. The van der Waals surface area contributed by atoms with Crippen molar-refractivity contribution in [2.45, 2.75) is 158 Å². The summed E-state index contributed by atoms with van der Waals surface area (Å²) in [6.07, 6.45) is 2.41. The van der Waals surface area contributed by atoms with Crippen LogP contribution < -0.4 is 62.2 Å². The van der Waals surface area contributed by atoms with Gasteiger partial charge in [0.25, 0.3) is 0 Å². The minimum Gasteiger partial charge on any atom is -0.480 e. The molecule has 1 aliphatic heterocycles. The first-order valence-corrected chi connectivity index (χ1v) is 35.1. The van der Waals surface area contributed by atoms with E-state index in [1.54, 1.807) is 64.1 Å². The van der Waals surface area contributed by atoms with E-state index in [-0.39, 0.29) is 73.9 Å². The highest BCUT2D eigenvalue weighted by Crippen LogP contribution is 2.31. The molecule has 1 fully saturated rings. The van der Waals surface area contributed by atoms with Crippen molar-refractivity contribution in [3.63, 3.8) is 0 Å². The number of fused-ring (bicyclic) bond motifs is 1. The fourth-order valence-electron chi connectivity index (χ4n) is 10.5. The van der Waals surface area contributed by atoms with Crippen LogP contribution in [0, 0.1) is 11.8 Å². The van der Waals surface area contributed by atoms with Gasteiger partial charge in [-0.15, -0.1) is 0 Å². The highest BCUT2D eigenvalue weighted by molar-refractivity contribution is 7.90. The van der Waals surface area contributed by atoms with Crippen LogP contribution in [-0.2, 0) is 63.2 Å². The maximum absolute atomic E-state index is 14.1. The Bertz CT molecular complexity index is 3610. The van der Waals surface area contributed by atoms with Gasteiger partial charge in [0.1, 0.15) is 42.3 Å². The number of aliphatic carboxylic acids is 1. The number of sulfonamides is 2. The Kier molecular flexibility index (Phi) is 30.1. The molecule has 0 aromatic heterocycles. The number of rotatable bonds is 38. The Hall–Kier alpha value is -8.65. The lowest BCUT2D eigenvalue weighted by Crippen LogP contribution is -2.59. The molecule has 1 heterocycles. The number of hydrogen-bond donors (Lipinski definition) is 11. The fourth-order valence-corrected chi connectivity index (χ4v) is 12.8. The zero-order valence-electron chi connectivity index (χ0n) is 56.3. The quantitative estimate of drug-likeness (QED) is 0.0227. The molecule has 4 aromatic carbocycles. The standard InChI is InChI=1S/C65H95N15O14S2/c1-11-41(4)58(64(88)67-38-56(81)72-51(65(89)90)22-13-15-35-68-95(91,92)47-32-28-45(29-33-47)77-76-44-26-30-46(31-27-44)78(7)8)75-60(84)43(6)70-62(86)52(37-40(2)3)74-61(85)50(21-12-14-34-66)73-59(83)42(5)71-63(87)54-24-18-36-80(54)57(82)39-69-96(93,94)55-25-17-19-48-49(55)20-16-23-53(48)79(9)10/h16-17,19-20,23,25-33,40-43,50-52,54,58,68-69H,11-15,18,21-22,24,34-39,66H2,1-10H3,(H,67,88)(H,70,86)(H,71,87)(H,72,81)(H,73,83)(H,74,85)(H,75,84)(H,89,90)/t41-,42-,43-,50-,51-,52-,54-,58-/m0/s1. The molecule has 0 unspecified atom stereocenters. The van der Waals surface area contributed by atoms with Gasteiger partial charge in [0.2, 0.25) is 67.3 Å². The van der Waals surface area contributed by atoms with Crippen molar-refractivity contribution in [3.05, 3.63) is 84.9 Å². The number of nitrogens with two attached hydrogens (primary N) is 1. The number of hydrogen-bond acceptors (Lipinski definition) is 18. The second-order valence-electron chi connectivity index (χ2n) is 24.6. The third-order valence-electron chi connectivity index (χ3n) is 16.2. The predicted octanol–water partition coefficient (Wildman–Crippen LogP) is 3.18. The summed E-state index contributed by atoms with van der Waals surface area (Å²) >= 11 is 0. The average Bonchev–Trinajstić information content (AvgIpc) is 0.914. The molecule has 8 atom stereocenters. The van der Waals surface area contributed by atoms with Crippen LogP contribution in [0.25, 0.3) is 10.8 Å². The highest BCUT2D eigenvalue weighted by atomic mass is 32.2. The zero-order chi connectivity index (χ0) is 71.0. The number of azo groups is 1. The molecule has 1 aliphatic rings. The van der Waals surface area contributed by atoms with Gasteiger partial charge in [-0.05, 0) is 151 Å². The number of carbonyl (C=O) groups excluding carboxylic acids is 8. The van der Waals surface area contributed by atoms with Crippen molar-refractivity contribution in [3.8, 4) is 0 Å². The number of amides is 8. The van der Waals surface area contributed by atoms with Crippen molar-refractivity contribution >= 4 is 107 Å². The van der Waals surface area contributed by atoms with Crippen LogP contribution in [0.15, 0.2) is 105 Å². The predicted molar refractivity (Wildman–Crippen MR) is 364 cm³/mol. The summed E-state index contributed by atoms with van der Waals surface area (Å²) < 4.78 is 58.1. The summed E-state index contributed by atoms with van der Waals surface area (Å²) in [6.45, 7) is 8.90. The fraction of sp³-hybridized carbons (Fsp3) is 0.523. The molecule has 5 rings (SSSR count). The molecule has 0 spiro atoms. The Morgan fingerprint density at radius 3 is 1.81 bits per heavy atom. The first kappa shape index (κ1) is 78.0. The lowest BCUT2D eigenvalue weighted by molar-refractivity contribution is -0.142. The monoisotopic (exact) mass is 1370 g/mol. The Balaban J connectivity index is 1.09. The molecule has 0 bridgehead atoms. The topological polar surface area (TPSA) is 411 Å². The van der Waals surface area contributed by atoms with Gasteiger partial charge in [-0.2, -0.15) is 10.2 Å². The summed E-state index contributed by atoms with van der Waals surface area (Å²) in [6, 6.07) is 14.7. The number of nitrogens with one attached hydrogen (secondary N) is 9. The van der Waals surface area contributed by atoms with E-state index in [2.05, 4.69) is 56.9 Å². The molecular formula is C65H95N15O14S2. The van der Waals surface area contributed by atoms with E-state index >= 15 is 0 Å². The number of carbonyl (C=O) groups is 9. The van der Waals surface area contributed by atoms with Gasteiger partial charge in [-0.3, -0.25) is 38.4 Å². The maximum atomic E-state index is 14.1. The van der Waals surface area contributed by atoms with Gasteiger partial charge in [0.05, 0.1) is 34.3 Å². The van der Waals surface area contributed by atoms with Gasteiger partial charge >= 0.3 is 5.97 Å². The average molecular weight is 1370 g/mol. The zero-order valence-corrected chi connectivity index (χ0v) is 57.9. The number of likely N-dealkylation sites (tertiary alicyclic amines) is 1. The van der Waals surface area contributed by atoms with Crippen LogP contribution in [0.2, 0.25) is 0 Å². The van der Waals surface area contributed by atoms with Gasteiger partial charge in [-0.25, -0.2) is 31.1 Å². The van der Waals surface area contributed by atoms with Gasteiger partial charge in [-0.1, -0.05) is 58.4 Å². The summed E-state index contributed by atoms with van der Waals surface area (Å²) in [5.41, 5.74) is 8.61. The maximum Gasteiger partial charge on any atom is 0.326 e. The summed E-state index contributed by atoms with van der Waals surface area (Å²) in [5, 5.41) is 37.4. The Labute approximate surface area is 562 Å². The number of carboxylic acid groups (broad SMARTS) is 1. The van der Waals surface area contributed by atoms with E-state index in [4.69, 9.17) is 5.73 Å². The summed E-state index contributed by atoms with van der Waals surface area (Å²) in [5.74, 6) is -8.04. The smallest absolute Gasteiger partial charge is 0.326 e. The number of anilines is 2. The number of carboxylic acids is 1. The largest absolute Gasteiger partial charge is 0.480 e. The van der Waals surface area contributed by atoms with Crippen molar-refractivity contribution in [2.24, 2.45) is 27.8 Å². The Morgan fingerprint density at radius 2 is 1.20 bits per heavy atom. The molecule has 12 N–H and O–H groups in total. The molecule has 526 valence electrons. The number of nitrogens with zero attached hydrogens (tertiary/aromatic N) is 5. The lowest BCUT2D eigenvalue weighted by Gasteiger charge is -2.28. The van der Waals surface area contributed by atoms with E-state index in [9.17, 15) is 65.1 Å². The highest BCUT2D eigenvalue weighted by Gasteiger charge is 2.37. The third kappa shape index (κ3) is 23.3. The van der Waals surface area contributed by atoms with E-state index in [0.29, 0.717) is 47.8 Å². The molecule has 96 heavy (non-hydrogen) atoms. The SMILES string of the molecule is CC[C@H](C)[C@H](NC(=O)[C@H](C)NC(=O)[C@H](CC(C)C)NC(=O)[C@H](CCCCN)NC(=O)[C@H](C)NC(=O)[C@@H]1CCCN1C(=O)CNS(=O)(=O)c1cccc2c(N(C)C)cccc12)C(=O)NCC(=O)N[C@@H](CCCCNS(=O)(=O)c1ccc(N=Nc2ccc(N(C)C)cc2)cc1)C(=O)O. The van der Waals surface area contributed by atoms with E-state index < -0.39 is 135 Å². The van der Waals surface area contributed by atoms with Gasteiger partial charge < -0.3 is 62.8 Å². The first-order chi connectivity index (χ1) is 45.4. The van der Waals surface area contributed by atoms with Crippen molar-refractivity contribution < 1.29 is 65.1 Å². The molecule has 4 aromatic rings. The molecule has 29 nitrogen and oxygen atoms in total. The van der Waals surface area contributed by atoms with E-state index in [0.717, 1.165) is 11.4 Å². The summed E-state index contributed by atoms with van der Waals surface area (Å²) in [4.78, 5) is 127. The van der Waals surface area contributed by atoms with Crippen molar-refractivity contribution in [2.75, 3.05) is 70.7 Å². The minimum absolute atomic E-state index is 0.0144. The van der Waals surface area contributed by atoms with Crippen molar-refractivity contribution in [1.29, 1.82) is 0 Å². The molecule has 0 radical (unpaired) electrons. The first-order valence-electron chi connectivity index (χ1n) is 32.2. The molecule has 1 saturated heterocycles. The number of unbranched alkanes of at least 4 members (excludes halogenated alkanes) is 2. The van der Waals surface area contributed by atoms with Crippen LogP contribution in [0.5, 0.6) is 0 Å². The second kappa shape index (κ2) is 37.0. The van der Waals surface area contributed by atoms with Gasteiger partial charge in [0.15, 0.2) is 0 Å². The Morgan fingerprint density at radius 1 is 0.615 bits per heavy atom. The molecule has 8 amide bonds. The van der Waals surface area contributed by atoms with Crippen LogP contribution in [0.3, 0.4) is 0 Å². The molecular weight excluding hydrogens is 1280 g/mol.